The smallest absolute Gasteiger partial charge is 0.328 e. The van der Waals surface area contributed by atoms with E-state index in [1.807, 2.05) is 12.4 Å². The number of carboxylic acids is 1. The summed E-state index contributed by atoms with van der Waals surface area (Å²) in [6.45, 7) is 0.714. The molecular formula is C27H35N5O4. The van der Waals surface area contributed by atoms with Gasteiger partial charge >= 0.3 is 5.97 Å². The van der Waals surface area contributed by atoms with Gasteiger partial charge in [0, 0.05) is 56.3 Å². The molecule has 192 valence electrons. The van der Waals surface area contributed by atoms with Crippen molar-refractivity contribution in [2.24, 2.45) is 5.41 Å². The number of aromatic nitrogens is 3. The van der Waals surface area contributed by atoms with Crippen molar-refractivity contribution in [1.29, 1.82) is 0 Å². The minimum absolute atomic E-state index is 0.0858. The van der Waals surface area contributed by atoms with E-state index in [0.29, 0.717) is 42.3 Å². The van der Waals surface area contributed by atoms with Gasteiger partial charge in [-0.1, -0.05) is 19.3 Å². The third-order valence-corrected chi connectivity index (χ3v) is 7.30. The van der Waals surface area contributed by atoms with E-state index >= 15 is 0 Å². The Kier molecular flexibility index (Phi) is 8.77. The van der Waals surface area contributed by atoms with E-state index in [4.69, 9.17) is 9.84 Å². The summed E-state index contributed by atoms with van der Waals surface area (Å²) in [5.41, 5.74) is 1.09. The lowest BCUT2D eigenvalue weighted by atomic mass is 9.71. The van der Waals surface area contributed by atoms with Crippen molar-refractivity contribution in [3.63, 3.8) is 0 Å². The van der Waals surface area contributed by atoms with Gasteiger partial charge in [0.15, 0.2) is 0 Å². The maximum absolute atomic E-state index is 13.5. The van der Waals surface area contributed by atoms with Gasteiger partial charge < -0.3 is 20.5 Å². The molecule has 0 saturated heterocycles. The predicted molar refractivity (Wildman–Crippen MR) is 136 cm³/mol. The molecule has 0 aliphatic heterocycles. The molecule has 0 radical (unpaired) electrons. The lowest BCUT2D eigenvalue weighted by Gasteiger charge is -2.35. The van der Waals surface area contributed by atoms with Crippen LogP contribution in [0.5, 0.6) is 0 Å². The number of amides is 1. The number of nitrogens with one attached hydrogen (secondary N) is 2. The van der Waals surface area contributed by atoms with Gasteiger partial charge in [-0.15, -0.1) is 0 Å². The first-order chi connectivity index (χ1) is 17.5. The first-order valence-electron chi connectivity index (χ1n) is 12.7. The molecule has 2 heterocycles. The number of methoxy groups -OCH3 is 1. The molecule has 0 spiro atoms. The predicted octanol–water partition coefficient (Wildman–Crippen LogP) is 3.76. The number of nitrogens with zero attached hydrogens (tertiary/aromatic N) is 3. The van der Waals surface area contributed by atoms with Crippen LogP contribution in [-0.4, -0.2) is 51.2 Å². The number of hydrogen-bond donors (Lipinski definition) is 3. The van der Waals surface area contributed by atoms with Crippen molar-refractivity contribution in [3.05, 3.63) is 53.8 Å². The SMILES string of the molecule is COC1CCC(NCc2cnc(CC3(C(=O)Nc4cc(/C=C/C(=O)O)ccn4)CCCCC3)nc2)C1. The van der Waals surface area contributed by atoms with Crippen LogP contribution >= 0.6 is 0 Å². The number of ether oxygens (including phenoxy) is 1. The van der Waals surface area contributed by atoms with Crippen LogP contribution in [0.15, 0.2) is 36.8 Å². The Morgan fingerprint density at radius 2 is 1.94 bits per heavy atom. The van der Waals surface area contributed by atoms with E-state index in [2.05, 4.69) is 25.6 Å². The van der Waals surface area contributed by atoms with Crippen molar-refractivity contribution >= 4 is 23.8 Å². The molecule has 2 aliphatic rings. The van der Waals surface area contributed by atoms with Crippen LogP contribution in [0, 0.1) is 5.41 Å². The summed E-state index contributed by atoms with van der Waals surface area (Å²) in [5, 5.41) is 15.4. The summed E-state index contributed by atoms with van der Waals surface area (Å²) in [4.78, 5) is 37.8. The van der Waals surface area contributed by atoms with Crippen molar-refractivity contribution < 1.29 is 19.4 Å². The zero-order valence-electron chi connectivity index (χ0n) is 20.8. The normalized spacial score (nSPS) is 21.5. The summed E-state index contributed by atoms with van der Waals surface area (Å²) in [7, 11) is 1.77. The number of pyridine rings is 1. The number of carboxylic acid groups (broad SMARTS) is 1. The van der Waals surface area contributed by atoms with Crippen LogP contribution in [0.25, 0.3) is 6.08 Å². The van der Waals surface area contributed by atoms with Crippen molar-refractivity contribution in [1.82, 2.24) is 20.3 Å². The number of hydrogen-bond acceptors (Lipinski definition) is 7. The second kappa shape index (κ2) is 12.2. The van der Waals surface area contributed by atoms with E-state index in [1.165, 1.54) is 6.08 Å². The molecule has 3 N–H and O–H groups in total. The van der Waals surface area contributed by atoms with Crippen LogP contribution in [0.1, 0.15) is 68.3 Å². The molecule has 2 aromatic heterocycles. The number of anilines is 1. The maximum Gasteiger partial charge on any atom is 0.328 e. The molecule has 2 aliphatic carbocycles. The molecule has 2 unspecified atom stereocenters. The minimum atomic E-state index is -1.03. The number of carbonyl (C=O) groups is 2. The number of carbonyl (C=O) groups excluding carboxylic acids is 1. The fourth-order valence-corrected chi connectivity index (χ4v) is 5.22. The fraction of sp³-hybridized carbons (Fsp3) is 0.519. The Balaban J connectivity index is 1.39. The molecule has 2 aromatic rings. The van der Waals surface area contributed by atoms with Crippen molar-refractivity contribution in [2.45, 2.75) is 76.5 Å². The summed E-state index contributed by atoms with van der Waals surface area (Å²) in [5.74, 6) is -0.0411. The third kappa shape index (κ3) is 6.95. The summed E-state index contributed by atoms with van der Waals surface area (Å²) >= 11 is 0. The Hall–Kier alpha value is -3.17. The molecule has 0 aromatic carbocycles. The molecule has 1 amide bonds. The lowest BCUT2D eigenvalue weighted by molar-refractivity contribution is -0.131. The summed E-state index contributed by atoms with van der Waals surface area (Å²) < 4.78 is 5.45. The molecule has 4 rings (SSSR count). The Labute approximate surface area is 211 Å². The average Bonchev–Trinajstić information content (AvgIpc) is 3.36. The van der Waals surface area contributed by atoms with Gasteiger partial charge in [-0.3, -0.25) is 4.79 Å². The van der Waals surface area contributed by atoms with Crippen LogP contribution in [0.3, 0.4) is 0 Å². The van der Waals surface area contributed by atoms with Crippen LogP contribution in [0.4, 0.5) is 5.82 Å². The monoisotopic (exact) mass is 493 g/mol. The number of rotatable bonds is 10. The van der Waals surface area contributed by atoms with Crippen molar-refractivity contribution in [3.8, 4) is 0 Å². The van der Waals surface area contributed by atoms with E-state index in [0.717, 1.165) is 63.0 Å². The lowest BCUT2D eigenvalue weighted by Crippen LogP contribution is -2.40. The van der Waals surface area contributed by atoms with Gasteiger partial charge in [-0.05, 0) is 55.9 Å². The first-order valence-corrected chi connectivity index (χ1v) is 12.7. The van der Waals surface area contributed by atoms with Gasteiger partial charge in [-0.25, -0.2) is 19.7 Å². The highest BCUT2D eigenvalue weighted by Crippen LogP contribution is 2.39. The van der Waals surface area contributed by atoms with E-state index in [9.17, 15) is 9.59 Å². The van der Waals surface area contributed by atoms with Crippen molar-refractivity contribution in [2.75, 3.05) is 12.4 Å². The highest BCUT2D eigenvalue weighted by atomic mass is 16.5. The highest BCUT2D eigenvalue weighted by Gasteiger charge is 2.40. The Morgan fingerprint density at radius 1 is 1.17 bits per heavy atom. The third-order valence-electron chi connectivity index (χ3n) is 7.30. The largest absolute Gasteiger partial charge is 0.478 e. The molecule has 0 bridgehead atoms. The van der Waals surface area contributed by atoms with Gasteiger partial charge in [0.2, 0.25) is 5.91 Å². The quantitative estimate of drug-likeness (QED) is 0.427. The maximum atomic E-state index is 13.5. The highest BCUT2D eigenvalue weighted by molar-refractivity contribution is 5.95. The zero-order chi connectivity index (χ0) is 25.4. The van der Waals surface area contributed by atoms with Gasteiger partial charge in [0.1, 0.15) is 11.6 Å². The van der Waals surface area contributed by atoms with Crippen LogP contribution < -0.4 is 10.6 Å². The van der Waals surface area contributed by atoms with Gasteiger partial charge in [-0.2, -0.15) is 0 Å². The second-order valence-corrected chi connectivity index (χ2v) is 9.87. The first kappa shape index (κ1) is 25.9. The van der Waals surface area contributed by atoms with Crippen LogP contribution in [0.2, 0.25) is 0 Å². The van der Waals surface area contributed by atoms with Gasteiger partial charge in [0.25, 0.3) is 0 Å². The minimum Gasteiger partial charge on any atom is -0.478 e. The standard InChI is InChI=1S/C27H35N5O4/c1-36-22-7-6-21(14-22)29-16-20-17-30-24(31-18-20)15-27(10-3-2-4-11-27)26(35)32-23-13-19(9-12-28-23)5-8-25(33)34/h5,8-9,12-13,17-18,21-22,29H,2-4,6-7,10-11,14-16H2,1H3,(H,33,34)(H,28,32,35)/b8-5+. The summed E-state index contributed by atoms with van der Waals surface area (Å²) in [6, 6.07) is 3.82. The van der Waals surface area contributed by atoms with Gasteiger partial charge in [0.05, 0.1) is 11.5 Å². The molecule has 36 heavy (non-hydrogen) atoms. The summed E-state index contributed by atoms with van der Waals surface area (Å²) in [6.07, 6.45) is 16.5. The van der Waals surface area contributed by atoms with E-state index in [-0.39, 0.29) is 5.91 Å². The topological polar surface area (TPSA) is 126 Å². The van der Waals surface area contributed by atoms with Crippen LogP contribution in [-0.2, 0) is 27.3 Å². The second-order valence-electron chi connectivity index (χ2n) is 9.87. The molecule has 9 heteroatoms. The molecule has 2 fully saturated rings. The number of aliphatic carboxylic acids is 1. The molecule has 9 nitrogen and oxygen atoms in total. The van der Waals surface area contributed by atoms with E-state index < -0.39 is 11.4 Å². The van der Waals surface area contributed by atoms with E-state index in [1.54, 1.807) is 25.4 Å². The average molecular weight is 494 g/mol. The molecular weight excluding hydrogens is 458 g/mol. The molecule has 2 saturated carbocycles. The fourth-order valence-electron chi connectivity index (χ4n) is 5.22. The molecule has 2 atom stereocenters. The zero-order valence-corrected chi connectivity index (χ0v) is 20.8. The Bertz CT molecular complexity index is 1070. The Morgan fingerprint density at radius 3 is 2.64 bits per heavy atom.